The molecule has 0 radical (unpaired) electrons. The maximum absolute atomic E-state index is 10.8. The van der Waals surface area contributed by atoms with E-state index in [1.54, 1.807) is 0 Å². The molecule has 17 heavy (non-hydrogen) atoms. The highest BCUT2D eigenvalue weighted by Gasteiger charge is 2.48. The van der Waals surface area contributed by atoms with Gasteiger partial charge in [-0.1, -0.05) is 43.2 Å². The lowest BCUT2D eigenvalue weighted by atomic mass is 9.67. The zero-order valence-electron chi connectivity index (χ0n) is 10.3. The molecule has 2 nitrogen and oxygen atoms in total. The predicted octanol–water partition coefficient (Wildman–Crippen LogP) is 1.62. The van der Waals surface area contributed by atoms with Crippen LogP contribution in [0.2, 0.25) is 0 Å². The maximum Gasteiger partial charge on any atom is 0.117 e. The molecule has 1 saturated carbocycles. The molecule has 1 aliphatic heterocycles. The van der Waals surface area contributed by atoms with Gasteiger partial charge in [-0.2, -0.15) is 0 Å². The van der Waals surface area contributed by atoms with Gasteiger partial charge in [0.15, 0.2) is 0 Å². The lowest BCUT2D eigenvalue weighted by Crippen LogP contribution is -2.91. The summed E-state index contributed by atoms with van der Waals surface area (Å²) in [5.74, 6) is 0.451. The number of hydrogen-bond acceptors (Lipinski definition) is 1. The minimum absolute atomic E-state index is 0.381. The Morgan fingerprint density at radius 3 is 2.76 bits per heavy atom. The molecule has 3 unspecified atom stereocenters. The van der Waals surface area contributed by atoms with Gasteiger partial charge in [-0.15, -0.1) is 0 Å². The molecule has 92 valence electrons. The first-order valence-corrected chi connectivity index (χ1v) is 6.90. The summed E-state index contributed by atoms with van der Waals surface area (Å²) in [7, 11) is 0. The summed E-state index contributed by atoms with van der Waals surface area (Å²) in [6.07, 6.45) is 5.65. The Morgan fingerprint density at radius 2 is 1.94 bits per heavy atom. The van der Waals surface area contributed by atoms with E-state index >= 15 is 0 Å². The number of benzene rings is 1. The molecular weight excluding hydrogens is 210 g/mol. The van der Waals surface area contributed by atoms with Crippen LogP contribution in [0.25, 0.3) is 0 Å². The molecule has 0 bridgehead atoms. The van der Waals surface area contributed by atoms with E-state index in [0.29, 0.717) is 12.0 Å². The summed E-state index contributed by atoms with van der Waals surface area (Å²) in [5.41, 5.74) is 1.01. The standard InChI is InChI=1S/C15H21NO/c17-15-9-5-4-8-13(15)14(16-11-10-15)12-6-2-1-3-7-12/h1-3,6-7,13-14,16-17H,4-5,8-11H2/p+1. The van der Waals surface area contributed by atoms with Gasteiger partial charge in [0.1, 0.15) is 6.04 Å². The van der Waals surface area contributed by atoms with Gasteiger partial charge in [-0.3, -0.25) is 0 Å². The average Bonchev–Trinajstić information content (AvgIpc) is 2.38. The molecule has 0 spiro atoms. The fourth-order valence-electron chi connectivity index (χ4n) is 3.79. The minimum Gasteiger partial charge on any atom is -0.389 e. The number of nitrogens with two attached hydrogens (primary N) is 1. The molecule has 1 aromatic carbocycles. The van der Waals surface area contributed by atoms with Gasteiger partial charge in [0, 0.05) is 17.9 Å². The van der Waals surface area contributed by atoms with Crippen LogP contribution in [0.4, 0.5) is 0 Å². The molecule has 0 amide bonds. The first-order valence-electron chi connectivity index (χ1n) is 6.90. The Labute approximate surface area is 103 Å². The molecule has 1 heterocycles. The Hall–Kier alpha value is -0.860. The third-order valence-electron chi connectivity index (χ3n) is 4.68. The number of quaternary nitrogens is 1. The van der Waals surface area contributed by atoms with Crippen molar-refractivity contribution in [1.82, 2.24) is 0 Å². The van der Waals surface area contributed by atoms with E-state index in [0.717, 1.165) is 19.4 Å². The zero-order chi connectivity index (χ0) is 11.7. The van der Waals surface area contributed by atoms with E-state index in [1.165, 1.54) is 24.8 Å². The van der Waals surface area contributed by atoms with Crippen molar-refractivity contribution in [3.05, 3.63) is 35.9 Å². The molecule has 3 N–H and O–H groups in total. The molecule has 1 aromatic rings. The summed E-state index contributed by atoms with van der Waals surface area (Å²) >= 11 is 0. The van der Waals surface area contributed by atoms with Gasteiger partial charge in [0.05, 0.1) is 12.1 Å². The molecule has 3 rings (SSSR count). The van der Waals surface area contributed by atoms with Crippen molar-refractivity contribution in [2.75, 3.05) is 6.54 Å². The quantitative estimate of drug-likeness (QED) is 0.758. The van der Waals surface area contributed by atoms with Crippen LogP contribution >= 0.6 is 0 Å². The molecule has 3 atom stereocenters. The van der Waals surface area contributed by atoms with Crippen molar-refractivity contribution >= 4 is 0 Å². The highest BCUT2D eigenvalue weighted by Crippen LogP contribution is 2.43. The largest absolute Gasteiger partial charge is 0.389 e. The molecule has 2 fully saturated rings. The van der Waals surface area contributed by atoms with Gasteiger partial charge in [-0.25, -0.2) is 0 Å². The minimum atomic E-state index is -0.381. The molecular formula is C15H22NO+. The van der Waals surface area contributed by atoms with Gasteiger partial charge in [-0.05, 0) is 12.8 Å². The second-order valence-electron chi connectivity index (χ2n) is 5.67. The Balaban J connectivity index is 1.89. The van der Waals surface area contributed by atoms with Crippen molar-refractivity contribution in [2.24, 2.45) is 5.92 Å². The lowest BCUT2D eigenvalue weighted by Gasteiger charge is -2.46. The van der Waals surface area contributed by atoms with Gasteiger partial charge < -0.3 is 10.4 Å². The van der Waals surface area contributed by atoms with Crippen molar-refractivity contribution in [3.63, 3.8) is 0 Å². The third kappa shape index (κ3) is 2.00. The second kappa shape index (κ2) is 4.43. The number of fused-ring (bicyclic) bond motifs is 1. The Kier molecular flexibility index (Phi) is 2.93. The first kappa shape index (κ1) is 11.2. The van der Waals surface area contributed by atoms with Crippen LogP contribution < -0.4 is 5.32 Å². The Morgan fingerprint density at radius 1 is 1.12 bits per heavy atom. The fraction of sp³-hybridized carbons (Fsp3) is 0.600. The Bertz CT molecular complexity index is 374. The van der Waals surface area contributed by atoms with Crippen LogP contribution in [0.1, 0.15) is 43.7 Å². The molecule has 2 aliphatic rings. The zero-order valence-corrected chi connectivity index (χ0v) is 10.3. The van der Waals surface area contributed by atoms with Gasteiger partial charge in [0.2, 0.25) is 0 Å². The fourth-order valence-corrected chi connectivity index (χ4v) is 3.79. The predicted molar refractivity (Wildman–Crippen MR) is 67.5 cm³/mol. The van der Waals surface area contributed by atoms with Crippen LogP contribution in [0, 0.1) is 5.92 Å². The van der Waals surface area contributed by atoms with Crippen molar-refractivity contribution in [1.29, 1.82) is 0 Å². The average molecular weight is 232 g/mol. The normalized spacial score (nSPS) is 37.5. The van der Waals surface area contributed by atoms with E-state index < -0.39 is 0 Å². The van der Waals surface area contributed by atoms with Crippen LogP contribution in [0.5, 0.6) is 0 Å². The van der Waals surface area contributed by atoms with Crippen molar-refractivity contribution in [3.8, 4) is 0 Å². The van der Waals surface area contributed by atoms with E-state index in [1.807, 2.05) is 0 Å². The first-order chi connectivity index (χ1) is 8.30. The van der Waals surface area contributed by atoms with Crippen molar-refractivity contribution < 1.29 is 10.4 Å². The van der Waals surface area contributed by atoms with Gasteiger partial charge in [0.25, 0.3) is 0 Å². The SMILES string of the molecule is OC12CCCCC1C(c1ccccc1)[NH2+]CC2. The molecule has 2 heteroatoms. The highest BCUT2D eigenvalue weighted by atomic mass is 16.3. The van der Waals surface area contributed by atoms with Crippen molar-refractivity contribution in [2.45, 2.75) is 43.7 Å². The molecule has 0 aromatic heterocycles. The summed E-state index contributed by atoms with van der Waals surface area (Å²) in [6, 6.07) is 11.2. The van der Waals surface area contributed by atoms with E-state index in [9.17, 15) is 5.11 Å². The molecule has 1 saturated heterocycles. The lowest BCUT2D eigenvalue weighted by molar-refractivity contribution is -0.719. The van der Waals surface area contributed by atoms with Crippen LogP contribution in [0.3, 0.4) is 0 Å². The number of aliphatic hydroxyl groups is 1. The maximum atomic E-state index is 10.8. The van der Waals surface area contributed by atoms with E-state index in [-0.39, 0.29) is 5.60 Å². The smallest absolute Gasteiger partial charge is 0.117 e. The number of rotatable bonds is 1. The monoisotopic (exact) mass is 232 g/mol. The van der Waals surface area contributed by atoms with Gasteiger partial charge >= 0.3 is 0 Å². The van der Waals surface area contributed by atoms with E-state index in [4.69, 9.17) is 0 Å². The second-order valence-corrected chi connectivity index (χ2v) is 5.67. The number of piperidine rings is 1. The highest BCUT2D eigenvalue weighted by molar-refractivity contribution is 5.19. The summed E-state index contributed by atoms with van der Waals surface area (Å²) in [4.78, 5) is 0. The summed E-state index contributed by atoms with van der Waals surface area (Å²) < 4.78 is 0. The van der Waals surface area contributed by atoms with Crippen LogP contribution in [0.15, 0.2) is 30.3 Å². The third-order valence-corrected chi connectivity index (χ3v) is 4.68. The van der Waals surface area contributed by atoms with Crippen LogP contribution in [-0.2, 0) is 0 Å². The van der Waals surface area contributed by atoms with Crippen LogP contribution in [-0.4, -0.2) is 17.3 Å². The van der Waals surface area contributed by atoms with E-state index in [2.05, 4.69) is 35.6 Å². The molecule has 1 aliphatic carbocycles. The summed E-state index contributed by atoms with van der Waals surface area (Å²) in [5, 5.41) is 13.2. The summed E-state index contributed by atoms with van der Waals surface area (Å²) in [6.45, 7) is 1.06. The number of hydrogen-bond donors (Lipinski definition) is 2. The topological polar surface area (TPSA) is 36.8 Å².